The van der Waals surface area contributed by atoms with Gasteiger partial charge in [0.25, 0.3) is 0 Å². The fraction of sp³-hybridized carbons (Fsp3) is 0.300. The molecule has 0 atom stereocenters. The van der Waals surface area contributed by atoms with Crippen LogP contribution in [0.4, 0.5) is 0 Å². The predicted molar refractivity (Wildman–Crippen MR) is 91.8 cm³/mol. The van der Waals surface area contributed by atoms with E-state index in [1.807, 2.05) is 51.1 Å². The Kier molecular flexibility index (Phi) is 5.26. The summed E-state index contributed by atoms with van der Waals surface area (Å²) in [7, 11) is 0. The Balaban J connectivity index is 2.33. The third-order valence-corrected chi connectivity index (χ3v) is 3.72. The highest BCUT2D eigenvalue weighted by Crippen LogP contribution is 2.30. The molecule has 0 heterocycles. The summed E-state index contributed by atoms with van der Waals surface area (Å²) in [5.74, 6) is 1.30. The van der Waals surface area contributed by atoms with Crippen LogP contribution >= 0.6 is 0 Å². The lowest BCUT2D eigenvalue weighted by Crippen LogP contribution is -2.03. The highest BCUT2D eigenvalue weighted by Gasteiger charge is 2.12. The fourth-order valence-corrected chi connectivity index (χ4v) is 2.53. The molecular formula is C20H24O2. The topological polar surface area (TPSA) is 29.5 Å². The monoisotopic (exact) mass is 296 g/mol. The first-order valence-electron chi connectivity index (χ1n) is 7.68. The Hall–Kier alpha value is -2.22. The smallest absolute Gasteiger partial charge is 0.126 e. The zero-order valence-corrected chi connectivity index (χ0v) is 13.6. The third kappa shape index (κ3) is 3.70. The summed E-state index contributed by atoms with van der Waals surface area (Å²) < 4.78 is 5.92. The lowest BCUT2D eigenvalue weighted by atomic mass is 9.98. The molecule has 116 valence electrons. The van der Waals surface area contributed by atoms with Crippen molar-refractivity contribution in [2.24, 2.45) is 0 Å². The van der Waals surface area contributed by atoms with Gasteiger partial charge >= 0.3 is 0 Å². The van der Waals surface area contributed by atoms with Crippen LogP contribution in [0.15, 0.2) is 48.6 Å². The summed E-state index contributed by atoms with van der Waals surface area (Å²) in [4.78, 5) is 0. The molecule has 0 radical (unpaired) electrons. The van der Waals surface area contributed by atoms with Crippen molar-refractivity contribution >= 4 is 0 Å². The lowest BCUT2D eigenvalue weighted by Gasteiger charge is -2.15. The van der Waals surface area contributed by atoms with Crippen LogP contribution in [0.5, 0.6) is 11.5 Å². The van der Waals surface area contributed by atoms with Crippen LogP contribution < -0.4 is 4.74 Å². The molecule has 0 aliphatic carbocycles. The van der Waals surface area contributed by atoms with Crippen molar-refractivity contribution < 1.29 is 9.84 Å². The van der Waals surface area contributed by atoms with Crippen molar-refractivity contribution in [3.05, 3.63) is 70.8 Å². The van der Waals surface area contributed by atoms with E-state index in [-0.39, 0.29) is 0 Å². The van der Waals surface area contributed by atoms with Gasteiger partial charge in [0, 0.05) is 6.42 Å². The largest absolute Gasteiger partial charge is 0.507 e. The highest BCUT2D eigenvalue weighted by atomic mass is 16.5. The van der Waals surface area contributed by atoms with Gasteiger partial charge in [-0.3, -0.25) is 0 Å². The van der Waals surface area contributed by atoms with Crippen LogP contribution in [0.25, 0.3) is 0 Å². The summed E-state index contributed by atoms with van der Waals surface area (Å²) in [6, 6.07) is 12.1. The van der Waals surface area contributed by atoms with E-state index in [4.69, 9.17) is 4.74 Å². The minimum Gasteiger partial charge on any atom is -0.507 e. The van der Waals surface area contributed by atoms with Gasteiger partial charge in [0.15, 0.2) is 0 Å². The van der Waals surface area contributed by atoms with Gasteiger partial charge in [-0.15, -0.1) is 0 Å². The van der Waals surface area contributed by atoms with Crippen molar-refractivity contribution in [3.63, 3.8) is 0 Å². The van der Waals surface area contributed by atoms with E-state index in [9.17, 15) is 5.11 Å². The molecule has 22 heavy (non-hydrogen) atoms. The Bertz CT molecular complexity index is 671. The van der Waals surface area contributed by atoms with E-state index >= 15 is 0 Å². The molecule has 0 bridgehead atoms. The molecule has 0 fully saturated rings. The number of hydrogen-bond donors (Lipinski definition) is 1. The van der Waals surface area contributed by atoms with Crippen molar-refractivity contribution in [2.45, 2.75) is 33.6 Å². The van der Waals surface area contributed by atoms with Crippen molar-refractivity contribution in [2.75, 3.05) is 6.61 Å². The van der Waals surface area contributed by atoms with Crippen molar-refractivity contribution in [1.82, 2.24) is 0 Å². The van der Waals surface area contributed by atoms with E-state index in [0.717, 1.165) is 40.0 Å². The first-order valence-corrected chi connectivity index (χ1v) is 7.68. The first-order chi connectivity index (χ1) is 10.5. The second-order valence-corrected chi connectivity index (χ2v) is 5.76. The summed E-state index contributed by atoms with van der Waals surface area (Å²) in [6.45, 7) is 10.4. The summed E-state index contributed by atoms with van der Waals surface area (Å²) in [5.41, 5.74) is 5.10. The maximum Gasteiger partial charge on any atom is 0.126 e. The molecule has 0 unspecified atom stereocenters. The molecular weight excluding hydrogens is 272 g/mol. The quantitative estimate of drug-likeness (QED) is 0.775. The van der Waals surface area contributed by atoms with Crippen LogP contribution in [-0.2, 0) is 12.8 Å². The molecule has 2 heteroatoms. The van der Waals surface area contributed by atoms with Crippen LogP contribution in [-0.4, -0.2) is 11.7 Å². The SMILES string of the molecule is C=C(C)COc1c(C)cccc1Cc1cccc(CC)c1O. The molecule has 0 aliphatic heterocycles. The van der Waals surface area contributed by atoms with Gasteiger partial charge in [0.1, 0.15) is 18.1 Å². The number of phenolic OH excluding ortho intramolecular Hbond substituents is 1. The predicted octanol–water partition coefficient (Wildman–Crippen LogP) is 4.81. The fourth-order valence-electron chi connectivity index (χ4n) is 2.53. The van der Waals surface area contributed by atoms with E-state index < -0.39 is 0 Å². The second kappa shape index (κ2) is 7.17. The zero-order valence-electron chi connectivity index (χ0n) is 13.6. The Morgan fingerprint density at radius 1 is 1.09 bits per heavy atom. The Labute approximate surface area is 133 Å². The van der Waals surface area contributed by atoms with E-state index in [2.05, 4.69) is 12.6 Å². The maximum atomic E-state index is 10.4. The molecule has 0 spiro atoms. The number of ether oxygens (including phenoxy) is 1. The van der Waals surface area contributed by atoms with Gasteiger partial charge in [0.05, 0.1) is 0 Å². The first kappa shape index (κ1) is 16.2. The van der Waals surface area contributed by atoms with Crippen LogP contribution in [0, 0.1) is 6.92 Å². The normalized spacial score (nSPS) is 10.5. The van der Waals surface area contributed by atoms with Crippen LogP contribution in [0.3, 0.4) is 0 Å². The van der Waals surface area contributed by atoms with Gasteiger partial charge in [-0.1, -0.05) is 49.9 Å². The number of benzene rings is 2. The molecule has 0 aromatic heterocycles. The Morgan fingerprint density at radius 3 is 2.41 bits per heavy atom. The number of aryl methyl sites for hydroxylation is 2. The number of rotatable bonds is 6. The minimum absolute atomic E-state index is 0.400. The molecule has 2 aromatic carbocycles. The summed E-state index contributed by atoms with van der Waals surface area (Å²) in [6.07, 6.45) is 1.49. The maximum absolute atomic E-state index is 10.4. The van der Waals surface area contributed by atoms with Gasteiger partial charge in [0.2, 0.25) is 0 Å². The average Bonchev–Trinajstić information content (AvgIpc) is 2.48. The van der Waals surface area contributed by atoms with E-state index in [0.29, 0.717) is 18.8 Å². The molecule has 0 aliphatic rings. The standard InChI is InChI=1S/C20H24O2/c1-5-16-9-7-10-17(19(16)21)12-18-11-6-8-15(4)20(18)22-13-14(2)3/h6-11,21H,2,5,12-13H2,1,3-4H3. The lowest BCUT2D eigenvalue weighted by molar-refractivity contribution is 0.347. The number of phenols is 1. The molecule has 2 nitrogen and oxygen atoms in total. The average molecular weight is 296 g/mol. The van der Waals surface area contributed by atoms with Gasteiger partial charge in [-0.25, -0.2) is 0 Å². The minimum atomic E-state index is 0.400. The highest BCUT2D eigenvalue weighted by molar-refractivity contribution is 5.48. The second-order valence-electron chi connectivity index (χ2n) is 5.76. The van der Waals surface area contributed by atoms with Gasteiger partial charge in [-0.05, 0) is 48.1 Å². The van der Waals surface area contributed by atoms with Crippen molar-refractivity contribution in [1.29, 1.82) is 0 Å². The molecule has 0 amide bonds. The molecule has 2 aromatic rings. The van der Waals surface area contributed by atoms with E-state index in [1.54, 1.807) is 0 Å². The van der Waals surface area contributed by atoms with Crippen molar-refractivity contribution in [3.8, 4) is 11.5 Å². The van der Waals surface area contributed by atoms with Crippen LogP contribution in [0.2, 0.25) is 0 Å². The third-order valence-electron chi connectivity index (χ3n) is 3.72. The van der Waals surface area contributed by atoms with Crippen LogP contribution in [0.1, 0.15) is 36.1 Å². The molecule has 1 N–H and O–H groups in total. The molecule has 0 saturated carbocycles. The number of aromatic hydroxyl groups is 1. The molecule has 0 saturated heterocycles. The zero-order chi connectivity index (χ0) is 16.1. The molecule has 2 rings (SSSR count). The number of para-hydroxylation sites is 2. The van der Waals surface area contributed by atoms with Gasteiger partial charge < -0.3 is 9.84 Å². The number of hydrogen-bond acceptors (Lipinski definition) is 2. The summed E-state index contributed by atoms with van der Waals surface area (Å²) >= 11 is 0. The Morgan fingerprint density at radius 2 is 1.73 bits per heavy atom. The summed E-state index contributed by atoms with van der Waals surface area (Å²) in [5, 5.41) is 10.4. The van der Waals surface area contributed by atoms with E-state index in [1.165, 1.54) is 0 Å². The van der Waals surface area contributed by atoms with Gasteiger partial charge in [-0.2, -0.15) is 0 Å².